The summed E-state index contributed by atoms with van der Waals surface area (Å²) in [6.45, 7) is 5.55. The highest BCUT2D eigenvalue weighted by Gasteiger charge is 2.17. The fourth-order valence-corrected chi connectivity index (χ4v) is 1.69. The van der Waals surface area contributed by atoms with E-state index in [1.165, 1.54) is 6.07 Å². The van der Waals surface area contributed by atoms with Crippen LogP contribution in [-0.4, -0.2) is 31.1 Å². The summed E-state index contributed by atoms with van der Waals surface area (Å²) < 4.78 is 5.13. The van der Waals surface area contributed by atoms with Crippen LogP contribution in [0.3, 0.4) is 0 Å². The molecule has 0 saturated heterocycles. The molecule has 0 atom stereocenters. The number of carbonyl (C=O) groups excluding carboxylic acids is 2. The molecule has 0 aliphatic heterocycles. The van der Waals surface area contributed by atoms with E-state index in [9.17, 15) is 9.59 Å². The second kappa shape index (κ2) is 6.72. The topological polar surface area (TPSA) is 67.4 Å². The number of anilines is 1. The number of hydrogen-bond donors (Lipinski definition) is 2. The Kier molecular flexibility index (Phi) is 5.53. The van der Waals surface area contributed by atoms with Crippen LogP contribution in [0.1, 0.15) is 31.1 Å². The number of likely N-dealkylation sites (N-methyl/N-ethyl adjacent to an activating group) is 1. The maximum Gasteiger partial charge on any atom is 0.412 e. The largest absolute Gasteiger partial charge is 0.444 e. The number of nitrogens with one attached hydrogen (secondary N) is 2. The number of Topliss-reactive ketones (excluding diaryl/α,β-unsaturated/α-hetero) is 1. The van der Waals surface area contributed by atoms with E-state index in [1.54, 1.807) is 40.0 Å². The summed E-state index contributed by atoms with van der Waals surface area (Å²) >= 11 is 6.05. The van der Waals surface area contributed by atoms with Gasteiger partial charge in [0.05, 0.1) is 17.3 Å². The number of hydrogen-bond acceptors (Lipinski definition) is 4. The molecule has 0 saturated carbocycles. The second-order valence-corrected chi connectivity index (χ2v) is 5.68. The van der Waals surface area contributed by atoms with Gasteiger partial charge in [0.25, 0.3) is 0 Å². The average Bonchev–Trinajstić information content (AvgIpc) is 2.29. The third kappa shape index (κ3) is 5.19. The Hall–Kier alpha value is -1.59. The number of halogens is 1. The first-order chi connectivity index (χ1) is 9.23. The van der Waals surface area contributed by atoms with Gasteiger partial charge >= 0.3 is 6.09 Å². The van der Waals surface area contributed by atoms with Crippen LogP contribution >= 0.6 is 11.6 Å². The smallest absolute Gasteiger partial charge is 0.412 e. The van der Waals surface area contributed by atoms with Gasteiger partial charge in [-0.25, -0.2) is 4.79 Å². The van der Waals surface area contributed by atoms with Crippen molar-refractivity contribution in [2.24, 2.45) is 0 Å². The number of ether oxygens (including phenoxy) is 1. The Morgan fingerprint density at radius 3 is 2.45 bits per heavy atom. The molecule has 0 fully saturated rings. The Morgan fingerprint density at radius 2 is 1.95 bits per heavy atom. The summed E-state index contributed by atoms with van der Waals surface area (Å²) in [5, 5.41) is 5.61. The summed E-state index contributed by atoms with van der Waals surface area (Å²) in [7, 11) is 1.69. The number of benzene rings is 1. The maximum atomic E-state index is 11.7. The molecule has 0 aliphatic carbocycles. The third-order valence-electron chi connectivity index (χ3n) is 2.26. The first kappa shape index (κ1) is 16.5. The lowest BCUT2D eigenvalue weighted by Gasteiger charge is -2.20. The highest BCUT2D eigenvalue weighted by Crippen LogP contribution is 2.24. The molecule has 2 N–H and O–H groups in total. The van der Waals surface area contributed by atoms with Crippen LogP contribution in [0.25, 0.3) is 0 Å². The molecule has 1 aromatic carbocycles. The van der Waals surface area contributed by atoms with E-state index in [0.29, 0.717) is 11.3 Å². The number of carbonyl (C=O) groups is 2. The molecule has 110 valence electrons. The summed E-state index contributed by atoms with van der Waals surface area (Å²) in [4.78, 5) is 23.3. The molecule has 0 aliphatic rings. The van der Waals surface area contributed by atoms with E-state index < -0.39 is 11.7 Å². The van der Waals surface area contributed by atoms with E-state index >= 15 is 0 Å². The van der Waals surface area contributed by atoms with Crippen molar-refractivity contribution in [2.75, 3.05) is 18.9 Å². The number of ketones is 1. The highest BCUT2D eigenvalue weighted by atomic mass is 35.5. The lowest BCUT2D eigenvalue weighted by atomic mass is 10.1. The Labute approximate surface area is 123 Å². The molecule has 5 nitrogen and oxygen atoms in total. The van der Waals surface area contributed by atoms with Gasteiger partial charge in [0, 0.05) is 5.56 Å². The average molecular weight is 299 g/mol. The summed E-state index contributed by atoms with van der Waals surface area (Å²) in [6.07, 6.45) is -0.589. The zero-order chi connectivity index (χ0) is 15.3. The molecule has 0 spiro atoms. The normalized spacial score (nSPS) is 11.1. The maximum absolute atomic E-state index is 11.7. The fourth-order valence-electron chi connectivity index (χ4n) is 1.47. The van der Waals surface area contributed by atoms with Gasteiger partial charge in [0.15, 0.2) is 5.78 Å². The van der Waals surface area contributed by atoms with E-state index in [-0.39, 0.29) is 17.4 Å². The van der Waals surface area contributed by atoms with Crippen molar-refractivity contribution in [3.63, 3.8) is 0 Å². The van der Waals surface area contributed by atoms with Crippen LogP contribution in [-0.2, 0) is 4.74 Å². The number of rotatable bonds is 4. The molecule has 1 amide bonds. The van der Waals surface area contributed by atoms with Crippen molar-refractivity contribution in [3.05, 3.63) is 28.8 Å². The molecule has 1 aromatic rings. The monoisotopic (exact) mass is 298 g/mol. The predicted octanol–water partition coefficient (Wildman–Crippen LogP) is 3.09. The lowest BCUT2D eigenvalue weighted by molar-refractivity contribution is 0.0636. The van der Waals surface area contributed by atoms with Crippen LogP contribution in [0, 0.1) is 0 Å². The molecule has 0 radical (unpaired) electrons. The van der Waals surface area contributed by atoms with Gasteiger partial charge < -0.3 is 10.1 Å². The van der Waals surface area contributed by atoms with Gasteiger partial charge in [0.1, 0.15) is 5.60 Å². The molecule has 0 bridgehead atoms. The van der Waals surface area contributed by atoms with Crippen LogP contribution in [0.15, 0.2) is 18.2 Å². The molecule has 0 heterocycles. The molecule has 1 rings (SSSR count). The quantitative estimate of drug-likeness (QED) is 0.838. The predicted molar refractivity (Wildman–Crippen MR) is 79.6 cm³/mol. The highest BCUT2D eigenvalue weighted by molar-refractivity contribution is 6.34. The summed E-state index contributed by atoms with van der Waals surface area (Å²) in [6, 6.07) is 4.71. The lowest BCUT2D eigenvalue weighted by Crippen LogP contribution is -2.27. The van der Waals surface area contributed by atoms with Gasteiger partial charge in [-0.2, -0.15) is 0 Å². The van der Waals surface area contributed by atoms with Crippen molar-refractivity contribution in [2.45, 2.75) is 26.4 Å². The molecular weight excluding hydrogens is 280 g/mol. The standard InChI is InChI=1S/C14H19ClN2O3/c1-14(2,3)20-13(19)17-11-6-5-9(7-10(11)15)12(18)8-16-4/h5-7,16H,8H2,1-4H3,(H,17,19). The van der Waals surface area contributed by atoms with Crippen molar-refractivity contribution in [1.29, 1.82) is 0 Å². The minimum absolute atomic E-state index is 0.0711. The SMILES string of the molecule is CNCC(=O)c1ccc(NC(=O)OC(C)(C)C)c(Cl)c1. The molecule has 0 aromatic heterocycles. The van der Waals surface area contributed by atoms with E-state index in [0.717, 1.165) is 0 Å². The summed E-state index contributed by atoms with van der Waals surface area (Å²) in [5.74, 6) is -0.0711. The van der Waals surface area contributed by atoms with E-state index in [1.807, 2.05) is 0 Å². The zero-order valence-electron chi connectivity index (χ0n) is 12.0. The van der Waals surface area contributed by atoms with Crippen LogP contribution in [0.5, 0.6) is 0 Å². The van der Waals surface area contributed by atoms with Crippen LogP contribution in [0.2, 0.25) is 5.02 Å². The minimum Gasteiger partial charge on any atom is -0.444 e. The number of amides is 1. The van der Waals surface area contributed by atoms with E-state index in [2.05, 4.69) is 10.6 Å². The molecule has 0 unspecified atom stereocenters. The van der Waals surface area contributed by atoms with E-state index in [4.69, 9.17) is 16.3 Å². The first-order valence-electron chi connectivity index (χ1n) is 6.20. The minimum atomic E-state index is -0.589. The third-order valence-corrected chi connectivity index (χ3v) is 2.58. The first-order valence-corrected chi connectivity index (χ1v) is 6.58. The van der Waals surface area contributed by atoms with Gasteiger partial charge in [0.2, 0.25) is 0 Å². The van der Waals surface area contributed by atoms with Crippen molar-refractivity contribution in [1.82, 2.24) is 5.32 Å². The Morgan fingerprint density at radius 1 is 1.30 bits per heavy atom. The van der Waals surface area contributed by atoms with Crippen LogP contribution in [0.4, 0.5) is 10.5 Å². The van der Waals surface area contributed by atoms with Gasteiger partial charge in [-0.3, -0.25) is 10.1 Å². The van der Waals surface area contributed by atoms with Crippen molar-refractivity contribution in [3.8, 4) is 0 Å². The van der Waals surface area contributed by atoms with Crippen molar-refractivity contribution < 1.29 is 14.3 Å². The van der Waals surface area contributed by atoms with Gasteiger partial charge in [-0.15, -0.1) is 0 Å². The Bertz CT molecular complexity index is 510. The fraction of sp³-hybridized carbons (Fsp3) is 0.429. The molecule has 20 heavy (non-hydrogen) atoms. The molecule has 6 heteroatoms. The molecular formula is C14H19ClN2O3. The summed E-state index contributed by atoms with van der Waals surface area (Å²) in [5.41, 5.74) is 0.306. The second-order valence-electron chi connectivity index (χ2n) is 5.28. The zero-order valence-corrected chi connectivity index (χ0v) is 12.8. The Balaban J connectivity index is 2.79. The van der Waals surface area contributed by atoms with Gasteiger partial charge in [-0.05, 0) is 46.0 Å². The van der Waals surface area contributed by atoms with Gasteiger partial charge in [-0.1, -0.05) is 11.6 Å². The van der Waals surface area contributed by atoms with Crippen LogP contribution < -0.4 is 10.6 Å². The van der Waals surface area contributed by atoms with Crippen molar-refractivity contribution >= 4 is 29.2 Å².